The van der Waals surface area contributed by atoms with Crippen LogP contribution < -0.4 is 10.1 Å². The fourth-order valence-corrected chi connectivity index (χ4v) is 1.99. The SMILES string of the molecule is O=C1CCc2ccc(OCc3ccco3)cc2N1. The number of hydrogen-bond acceptors (Lipinski definition) is 3. The molecular weight excluding hydrogens is 230 g/mol. The number of nitrogens with one attached hydrogen (secondary N) is 1. The third-order valence-corrected chi connectivity index (χ3v) is 2.94. The highest BCUT2D eigenvalue weighted by molar-refractivity contribution is 5.94. The summed E-state index contributed by atoms with van der Waals surface area (Å²) in [6, 6.07) is 9.45. The predicted octanol–water partition coefficient (Wildman–Crippen LogP) is 2.74. The molecule has 0 radical (unpaired) electrons. The van der Waals surface area contributed by atoms with E-state index in [1.807, 2.05) is 30.3 Å². The molecule has 1 aliphatic rings. The Morgan fingerprint density at radius 3 is 3.06 bits per heavy atom. The van der Waals surface area contributed by atoms with Gasteiger partial charge < -0.3 is 14.5 Å². The normalized spacial score (nSPS) is 13.9. The lowest BCUT2D eigenvalue weighted by molar-refractivity contribution is -0.116. The van der Waals surface area contributed by atoms with E-state index in [1.165, 1.54) is 0 Å². The Morgan fingerprint density at radius 2 is 2.22 bits per heavy atom. The Bertz CT molecular complexity index is 560. The van der Waals surface area contributed by atoms with Crippen molar-refractivity contribution in [3.8, 4) is 5.75 Å². The van der Waals surface area contributed by atoms with Crippen molar-refractivity contribution in [2.45, 2.75) is 19.4 Å². The van der Waals surface area contributed by atoms with Gasteiger partial charge in [-0.15, -0.1) is 0 Å². The van der Waals surface area contributed by atoms with Crippen molar-refractivity contribution in [2.75, 3.05) is 5.32 Å². The molecule has 0 saturated heterocycles. The topological polar surface area (TPSA) is 51.5 Å². The van der Waals surface area contributed by atoms with Crippen molar-refractivity contribution in [3.63, 3.8) is 0 Å². The second-order valence-corrected chi connectivity index (χ2v) is 4.24. The van der Waals surface area contributed by atoms with Gasteiger partial charge >= 0.3 is 0 Å². The molecule has 4 nitrogen and oxygen atoms in total. The molecule has 92 valence electrons. The lowest BCUT2D eigenvalue weighted by Gasteiger charge is -2.17. The van der Waals surface area contributed by atoms with Crippen LogP contribution in [0.3, 0.4) is 0 Å². The minimum atomic E-state index is 0.0608. The third kappa shape index (κ3) is 2.22. The van der Waals surface area contributed by atoms with Gasteiger partial charge in [-0.2, -0.15) is 0 Å². The largest absolute Gasteiger partial charge is 0.486 e. The van der Waals surface area contributed by atoms with Gasteiger partial charge in [0.15, 0.2) is 0 Å². The molecule has 3 rings (SSSR count). The molecule has 0 fully saturated rings. The van der Waals surface area contributed by atoms with Gasteiger partial charge in [-0.1, -0.05) is 6.07 Å². The Morgan fingerprint density at radius 1 is 1.28 bits per heavy atom. The van der Waals surface area contributed by atoms with Crippen molar-refractivity contribution in [1.82, 2.24) is 0 Å². The number of hydrogen-bond donors (Lipinski definition) is 1. The minimum Gasteiger partial charge on any atom is -0.486 e. The first kappa shape index (κ1) is 10.9. The van der Waals surface area contributed by atoms with E-state index in [2.05, 4.69) is 5.32 Å². The molecule has 4 heteroatoms. The molecule has 0 bridgehead atoms. The number of rotatable bonds is 3. The van der Waals surface area contributed by atoms with Gasteiger partial charge in [0.25, 0.3) is 0 Å². The summed E-state index contributed by atoms with van der Waals surface area (Å²) in [5.41, 5.74) is 2.00. The zero-order chi connectivity index (χ0) is 12.4. The molecule has 1 N–H and O–H groups in total. The average molecular weight is 243 g/mol. The fraction of sp³-hybridized carbons (Fsp3) is 0.214. The molecule has 2 heterocycles. The van der Waals surface area contributed by atoms with E-state index in [0.29, 0.717) is 13.0 Å². The van der Waals surface area contributed by atoms with Crippen LogP contribution in [0.25, 0.3) is 0 Å². The van der Waals surface area contributed by atoms with E-state index in [-0.39, 0.29) is 5.91 Å². The van der Waals surface area contributed by atoms with E-state index in [9.17, 15) is 4.79 Å². The molecule has 0 saturated carbocycles. The van der Waals surface area contributed by atoms with E-state index in [4.69, 9.17) is 9.15 Å². The maximum Gasteiger partial charge on any atom is 0.224 e. The second kappa shape index (κ2) is 4.56. The summed E-state index contributed by atoms with van der Waals surface area (Å²) in [4.78, 5) is 11.3. The highest BCUT2D eigenvalue weighted by atomic mass is 16.5. The number of benzene rings is 1. The van der Waals surface area contributed by atoms with Crippen molar-refractivity contribution < 1.29 is 13.9 Å². The van der Waals surface area contributed by atoms with Gasteiger partial charge in [-0.25, -0.2) is 0 Å². The zero-order valence-corrected chi connectivity index (χ0v) is 9.81. The molecular formula is C14H13NO3. The van der Waals surface area contributed by atoms with E-state index < -0.39 is 0 Å². The van der Waals surface area contributed by atoms with Gasteiger partial charge in [-0.05, 0) is 30.2 Å². The molecule has 0 atom stereocenters. The fourth-order valence-electron chi connectivity index (χ4n) is 1.99. The number of furan rings is 1. The molecule has 0 aliphatic carbocycles. The number of anilines is 1. The Kier molecular flexibility index (Phi) is 2.76. The lowest BCUT2D eigenvalue weighted by atomic mass is 10.0. The number of carbonyl (C=O) groups excluding carboxylic acids is 1. The Labute approximate surface area is 105 Å². The van der Waals surface area contributed by atoms with E-state index >= 15 is 0 Å². The van der Waals surface area contributed by atoms with Crippen LogP contribution in [0.15, 0.2) is 41.0 Å². The summed E-state index contributed by atoms with van der Waals surface area (Å²) >= 11 is 0. The van der Waals surface area contributed by atoms with E-state index in [1.54, 1.807) is 6.26 Å². The van der Waals surface area contributed by atoms with Crippen LogP contribution in [0, 0.1) is 0 Å². The summed E-state index contributed by atoms with van der Waals surface area (Å²) in [5, 5.41) is 2.85. The van der Waals surface area contributed by atoms with Crippen LogP contribution in [0.5, 0.6) is 5.75 Å². The molecule has 0 spiro atoms. The molecule has 1 amide bonds. The van der Waals surface area contributed by atoms with Crippen molar-refractivity contribution >= 4 is 11.6 Å². The van der Waals surface area contributed by atoms with Gasteiger partial charge in [0.2, 0.25) is 5.91 Å². The van der Waals surface area contributed by atoms with Crippen molar-refractivity contribution in [1.29, 1.82) is 0 Å². The standard InChI is InChI=1S/C14H13NO3/c16-14-6-4-10-3-5-11(8-13(10)15-14)18-9-12-2-1-7-17-12/h1-3,5,7-8H,4,6,9H2,(H,15,16). The summed E-state index contributed by atoms with van der Waals surface area (Å²) in [6.45, 7) is 0.389. The van der Waals surface area contributed by atoms with Crippen LogP contribution in [-0.4, -0.2) is 5.91 Å². The van der Waals surface area contributed by atoms with Crippen molar-refractivity contribution in [2.24, 2.45) is 0 Å². The Hall–Kier alpha value is -2.23. The maximum absolute atomic E-state index is 11.3. The smallest absolute Gasteiger partial charge is 0.224 e. The number of amides is 1. The van der Waals surface area contributed by atoms with Crippen LogP contribution >= 0.6 is 0 Å². The van der Waals surface area contributed by atoms with Crippen molar-refractivity contribution in [3.05, 3.63) is 47.9 Å². The van der Waals surface area contributed by atoms with E-state index in [0.717, 1.165) is 29.2 Å². The first-order valence-electron chi connectivity index (χ1n) is 5.89. The number of carbonyl (C=O) groups is 1. The quantitative estimate of drug-likeness (QED) is 0.901. The summed E-state index contributed by atoms with van der Waals surface area (Å²) in [6.07, 6.45) is 2.96. The number of ether oxygens (including phenoxy) is 1. The van der Waals surface area contributed by atoms with Crippen LogP contribution in [0.4, 0.5) is 5.69 Å². The summed E-state index contributed by atoms with van der Waals surface area (Å²) < 4.78 is 10.8. The van der Waals surface area contributed by atoms with Gasteiger partial charge in [-0.3, -0.25) is 4.79 Å². The predicted molar refractivity (Wildman–Crippen MR) is 66.4 cm³/mol. The first-order valence-corrected chi connectivity index (χ1v) is 5.89. The molecule has 1 aromatic carbocycles. The Balaban J connectivity index is 1.73. The maximum atomic E-state index is 11.3. The first-order chi connectivity index (χ1) is 8.81. The van der Waals surface area contributed by atoms with Gasteiger partial charge in [0, 0.05) is 18.2 Å². The van der Waals surface area contributed by atoms with Gasteiger partial charge in [0.05, 0.1) is 6.26 Å². The highest BCUT2D eigenvalue weighted by Gasteiger charge is 2.15. The second-order valence-electron chi connectivity index (χ2n) is 4.24. The number of fused-ring (bicyclic) bond motifs is 1. The molecule has 0 unspecified atom stereocenters. The number of aryl methyl sites for hydroxylation is 1. The van der Waals surface area contributed by atoms with Gasteiger partial charge in [0.1, 0.15) is 18.1 Å². The summed E-state index contributed by atoms with van der Waals surface area (Å²) in [7, 11) is 0. The highest BCUT2D eigenvalue weighted by Crippen LogP contribution is 2.27. The molecule has 1 aromatic heterocycles. The average Bonchev–Trinajstić information content (AvgIpc) is 2.89. The lowest BCUT2D eigenvalue weighted by Crippen LogP contribution is -2.18. The van der Waals surface area contributed by atoms with Crippen LogP contribution in [0.2, 0.25) is 0 Å². The summed E-state index contributed by atoms with van der Waals surface area (Å²) in [5.74, 6) is 1.56. The molecule has 18 heavy (non-hydrogen) atoms. The third-order valence-electron chi connectivity index (χ3n) is 2.94. The molecule has 2 aromatic rings. The monoisotopic (exact) mass is 243 g/mol. The van der Waals surface area contributed by atoms with Crippen LogP contribution in [-0.2, 0) is 17.8 Å². The zero-order valence-electron chi connectivity index (χ0n) is 9.81. The molecule has 1 aliphatic heterocycles. The van der Waals surface area contributed by atoms with Crippen LogP contribution in [0.1, 0.15) is 17.7 Å². The minimum absolute atomic E-state index is 0.0608.